The van der Waals surface area contributed by atoms with Gasteiger partial charge < -0.3 is 15.2 Å². The van der Waals surface area contributed by atoms with Crippen LogP contribution in [0.5, 0.6) is 0 Å². The van der Waals surface area contributed by atoms with Crippen LogP contribution in [0, 0.1) is 0 Å². The van der Waals surface area contributed by atoms with Crippen molar-refractivity contribution in [1.29, 1.82) is 0 Å². The van der Waals surface area contributed by atoms with Crippen LogP contribution in [-0.4, -0.2) is 26.6 Å². The van der Waals surface area contributed by atoms with Gasteiger partial charge in [-0.3, -0.25) is 0 Å². The lowest BCUT2D eigenvalue weighted by atomic mass is 10.1. The predicted octanol–water partition coefficient (Wildman–Crippen LogP) is 11.0. The summed E-state index contributed by atoms with van der Waals surface area (Å²) in [6.07, 6.45) is 20.0. The second kappa shape index (κ2) is 18.3. The van der Waals surface area contributed by atoms with E-state index in [9.17, 15) is 0 Å². The molecular formula is C40H61N5. The largest absolute Gasteiger partial charge is 0.364 e. The first-order chi connectivity index (χ1) is 21.9. The fraction of sp³-hybridized carbons (Fsp3) is 0.600. The highest BCUT2D eigenvalue weighted by atomic mass is 15.1. The second-order valence-electron chi connectivity index (χ2n) is 14.1. The van der Waals surface area contributed by atoms with Crippen molar-refractivity contribution >= 4 is 27.8 Å². The Bertz CT molecular complexity index is 1410. The molecule has 0 fully saturated rings. The quantitative estimate of drug-likeness (QED) is 0.0920. The van der Waals surface area contributed by atoms with Gasteiger partial charge >= 0.3 is 0 Å². The lowest BCUT2D eigenvalue weighted by molar-refractivity contribution is 0.535. The smallest absolute Gasteiger partial charge is 0.155 e. The second-order valence-corrected chi connectivity index (χ2v) is 14.1. The molecule has 0 atom stereocenters. The normalized spacial score (nSPS) is 12.0. The van der Waals surface area contributed by atoms with E-state index in [1.807, 2.05) is 0 Å². The van der Waals surface area contributed by atoms with Crippen LogP contribution in [0.1, 0.15) is 141 Å². The SMILES string of the molecule is CCCCCCCCCCCCCCNCc1ccc(Cn2c(CCCC)nc3c(NC(C)(C)C)nc4ccccc4c32)cc1. The zero-order valence-corrected chi connectivity index (χ0v) is 29.2. The third kappa shape index (κ3) is 11.1. The van der Waals surface area contributed by atoms with Crippen molar-refractivity contribution in [1.82, 2.24) is 19.9 Å². The molecule has 0 bridgehead atoms. The first-order valence-electron chi connectivity index (χ1n) is 18.2. The minimum absolute atomic E-state index is 0.105. The average molecular weight is 612 g/mol. The summed E-state index contributed by atoms with van der Waals surface area (Å²) in [7, 11) is 0. The number of anilines is 1. The van der Waals surface area contributed by atoms with Crippen LogP contribution in [0.2, 0.25) is 0 Å². The highest BCUT2D eigenvalue weighted by Gasteiger charge is 2.21. The van der Waals surface area contributed by atoms with Gasteiger partial charge in [-0.1, -0.05) is 133 Å². The van der Waals surface area contributed by atoms with Crippen LogP contribution >= 0.6 is 0 Å². The molecule has 4 aromatic rings. The molecule has 0 unspecified atom stereocenters. The molecule has 0 amide bonds. The number of rotatable bonds is 21. The van der Waals surface area contributed by atoms with Crippen molar-refractivity contribution < 1.29 is 0 Å². The highest BCUT2D eigenvalue weighted by Crippen LogP contribution is 2.32. The lowest BCUT2D eigenvalue weighted by Gasteiger charge is -2.22. The zero-order valence-electron chi connectivity index (χ0n) is 29.2. The van der Waals surface area contributed by atoms with Crippen LogP contribution in [-0.2, 0) is 19.5 Å². The van der Waals surface area contributed by atoms with Gasteiger partial charge in [0, 0.05) is 30.4 Å². The molecule has 0 radical (unpaired) electrons. The summed E-state index contributed by atoms with van der Waals surface area (Å²) >= 11 is 0. The van der Waals surface area contributed by atoms with Crippen molar-refractivity contribution in [2.75, 3.05) is 11.9 Å². The van der Waals surface area contributed by atoms with E-state index >= 15 is 0 Å². The number of aryl methyl sites for hydroxylation is 1. The van der Waals surface area contributed by atoms with E-state index in [1.165, 1.54) is 99.1 Å². The van der Waals surface area contributed by atoms with Crippen LogP contribution in [0.3, 0.4) is 0 Å². The standard InChI is InChI=1S/C40H61N5/c1-6-8-10-11-12-13-14-15-16-17-18-21-29-41-30-32-25-27-33(28-26-32)31-45-36(24-9-7-2)43-37-38(45)34-22-19-20-23-35(34)42-39(37)44-40(3,4)5/h19-20,22-23,25-28,41H,6-18,21,24,29-31H2,1-5H3,(H,42,44). The molecule has 0 saturated heterocycles. The molecule has 2 heterocycles. The molecule has 0 aliphatic carbocycles. The molecule has 0 aliphatic heterocycles. The monoisotopic (exact) mass is 611 g/mol. The van der Waals surface area contributed by atoms with Crippen LogP contribution in [0.25, 0.3) is 21.9 Å². The summed E-state index contributed by atoms with van der Waals surface area (Å²) in [5.41, 5.74) is 5.73. The van der Waals surface area contributed by atoms with Gasteiger partial charge in [0.2, 0.25) is 0 Å². The van der Waals surface area contributed by atoms with Crippen molar-refractivity contribution in [2.45, 2.75) is 150 Å². The van der Waals surface area contributed by atoms with Gasteiger partial charge in [0.05, 0.1) is 11.0 Å². The van der Waals surface area contributed by atoms with Crippen molar-refractivity contribution in [3.63, 3.8) is 0 Å². The molecule has 45 heavy (non-hydrogen) atoms. The molecule has 2 N–H and O–H groups in total. The molecule has 0 saturated carbocycles. The number of hydrogen-bond acceptors (Lipinski definition) is 4. The van der Waals surface area contributed by atoms with E-state index in [2.05, 4.69) is 98.4 Å². The number of benzene rings is 2. The van der Waals surface area contributed by atoms with Gasteiger partial charge in [0.25, 0.3) is 0 Å². The summed E-state index contributed by atoms with van der Waals surface area (Å²) < 4.78 is 2.45. The van der Waals surface area contributed by atoms with Gasteiger partial charge in [0.1, 0.15) is 11.3 Å². The third-order valence-corrected chi connectivity index (χ3v) is 8.81. The molecule has 0 spiro atoms. The van der Waals surface area contributed by atoms with E-state index in [4.69, 9.17) is 9.97 Å². The van der Waals surface area contributed by atoms with Crippen LogP contribution in [0.4, 0.5) is 5.82 Å². The maximum atomic E-state index is 5.23. The number of para-hydroxylation sites is 1. The number of imidazole rings is 1. The number of nitrogens with zero attached hydrogens (tertiary/aromatic N) is 3. The molecule has 2 aromatic heterocycles. The van der Waals surface area contributed by atoms with Gasteiger partial charge in [-0.05, 0) is 57.4 Å². The van der Waals surface area contributed by atoms with Gasteiger partial charge in [-0.15, -0.1) is 0 Å². The number of hydrogen-bond donors (Lipinski definition) is 2. The van der Waals surface area contributed by atoms with Crippen molar-refractivity contribution in [2.24, 2.45) is 0 Å². The minimum Gasteiger partial charge on any atom is -0.364 e. The topological polar surface area (TPSA) is 54.8 Å². The predicted molar refractivity (Wildman–Crippen MR) is 195 cm³/mol. The molecule has 5 nitrogen and oxygen atoms in total. The molecular weight excluding hydrogens is 550 g/mol. The number of fused-ring (bicyclic) bond motifs is 3. The number of nitrogens with one attached hydrogen (secondary N) is 2. The maximum Gasteiger partial charge on any atom is 0.155 e. The van der Waals surface area contributed by atoms with Crippen LogP contribution < -0.4 is 10.6 Å². The molecule has 246 valence electrons. The van der Waals surface area contributed by atoms with E-state index in [0.717, 1.165) is 61.6 Å². The van der Waals surface area contributed by atoms with E-state index in [1.54, 1.807) is 0 Å². The third-order valence-electron chi connectivity index (χ3n) is 8.81. The fourth-order valence-electron chi connectivity index (χ4n) is 6.29. The molecule has 0 aliphatic rings. The van der Waals surface area contributed by atoms with Crippen molar-refractivity contribution in [3.8, 4) is 0 Å². The molecule has 4 rings (SSSR count). The van der Waals surface area contributed by atoms with E-state index in [0.29, 0.717) is 0 Å². The Morgan fingerprint density at radius 3 is 1.91 bits per heavy atom. The molecule has 5 heteroatoms. The zero-order chi connectivity index (χ0) is 31.9. The van der Waals surface area contributed by atoms with Gasteiger partial charge in [-0.25, -0.2) is 9.97 Å². The Balaban J connectivity index is 1.31. The average Bonchev–Trinajstić information content (AvgIpc) is 3.38. The highest BCUT2D eigenvalue weighted by molar-refractivity contribution is 6.07. The Hall–Kier alpha value is -2.92. The van der Waals surface area contributed by atoms with E-state index in [-0.39, 0.29) is 5.54 Å². The summed E-state index contributed by atoms with van der Waals surface area (Å²) in [5, 5.41) is 8.48. The lowest BCUT2D eigenvalue weighted by Crippen LogP contribution is -2.26. The number of aromatic nitrogens is 3. The van der Waals surface area contributed by atoms with Crippen molar-refractivity contribution in [3.05, 3.63) is 65.5 Å². The Labute approximate surface area is 274 Å². The summed E-state index contributed by atoms with van der Waals surface area (Å²) in [5.74, 6) is 2.03. The Morgan fingerprint density at radius 1 is 0.667 bits per heavy atom. The summed E-state index contributed by atoms with van der Waals surface area (Å²) in [6.45, 7) is 13.9. The van der Waals surface area contributed by atoms with Gasteiger partial charge in [-0.2, -0.15) is 0 Å². The molecule has 2 aromatic carbocycles. The number of pyridine rings is 1. The fourth-order valence-corrected chi connectivity index (χ4v) is 6.29. The summed E-state index contributed by atoms with van der Waals surface area (Å²) in [4.78, 5) is 10.3. The first kappa shape index (κ1) is 34.9. The summed E-state index contributed by atoms with van der Waals surface area (Å²) in [6, 6.07) is 17.7. The maximum absolute atomic E-state index is 5.23. The Morgan fingerprint density at radius 2 is 1.27 bits per heavy atom. The van der Waals surface area contributed by atoms with Crippen LogP contribution in [0.15, 0.2) is 48.5 Å². The first-order valence-corrected chi connectivity index (χ1v) is 18.2. The minimum atomic E-state index is -0.105. The van der Waals surface area contributed by atoms with E-state index < -0.39 is 0 Å². The number of unbranched alkanes of at least 4 members (excludes halogenated alkanes) is 12. The van der Waals surface area contributed by atoms with Gasteiger partial charge in [0.15, 0.2) is 5.82 Å². The Kier molecular flexibility index (Phi) is 14.2.